The zero-order valence-corrected chi connectivity index (χ0v) is 21.0. The van der Waals surface area contributed by atoms with E-state index in [1.54, 1.807) is 4.90 Å². The molecule has 35 heavy (non-hydrogen) atoms. The molecule has 0 spiro atoms. The molecule has 8 heteroatoms. The van der Waals surface area contributed by atoms with Crippen LogP contribution in [0.25, 0.3) is 0 Å². The molecule has 1 saturated heterocycles. The minimum atomic E-state index is -0.431. The number of anilines is 1. The Labute approximate surface area is 212 Å². The van der Waals surface area contributed by atoms with Crippen LogP contribution >= 0.6 is 12.6 Å². The summed E-state index contributed by atoms with van der Waals surface area (Å²) >= 11 is 4.73. The Kier molecular flexibility index (Phi) is 10.3. The molecule has 1 unspecified atom stereocenters. The summed E-state index contributed by atoms with van der Waals surface area (Å²) in [6, 6.07) is 12.8. The van der Waals surface area contributed by atoms with E-state index in [0.29, 0.717) is 31.5 Å². The summed E-state index contributed by atoms with van der Waals surface area (Å²) in [5, 5.41) is 18.3. The standard InChI is InChI=1S/C27H35F2N5S/c1-2-6-22(9-10-27(35)20-7-4-3-5-8-20)32-17-21-15-25(29)26(16-24(21)28)33-13-11-23(12-14-33)34(18-30)19-31/h2-8,15-16,18-19,22-23,27,30-32,35H,9-14,17H2,1H3/b6-2+,30-18?,31-19?/t22?,27-/m1/s1. The zero-order chi connectivity index (χ0) is 25.2. The van der Waals surface area contributed by atoms with Gasteiger partial charge in [0.05, 0.1) is 18.4 Å². The van der Waals surface area contributed by atoms with E-state index >= 15 is 0 Å². The van der Waals surface area contributed by atoms with Crippen molar-refractivity contribution in [2.75, 3.05) is 18.0 Å². The molecule has 0 aliphatic carbocycles. The van der Waals surface area contributed by atoms with Crippen molar-refractivity contribution in [1.82, 2.24) is 10.2 Å². The number of nitrogens with zero attached hydrogens (tertiary/aromatic N) is 2. The number of allylic oxidation sites excluding steroid dienone is 1. The average Bonchev–Trinajstić information content (AvgIpc) is 2.88. The Morgan fingerprint density at radius 3 is 2.40 bits per heavy atom. The van der Waals surface area contributed by atoms with Gasteiger partial charge in [-0.15, -0.1) is 0 Å². The Hall–Kier alpha value is -2.71. The molecule has 1 fully saturated rings. The van der Waals surface area contributed by atoms with Crippen molar-refractivity contribution in [2.45, 2.75) is 56.5 Å². The normalized spacial score (nSPS) is 16.3. The average molecular weight is 500 g/mol. The van der Waals surface area contributed by atoms with Crippen molar-refractivity contribution in [2.24, 2.45) is 0 Å². The number of thiol groups is 1. The predicted molar refractivity (Wildman–Crippen MR) is 144 cm³/mol. The molecule has 0 bridgehead atoms. The van der Waals surface area contributed by atoms with E-state index in [2.05, 4.69) is 17.4 Å². The van der Waals surface area contributed by atoms with Crippen molar-refractivity contribution >= 4 is 31.0 Å². The number of rotatable bonds is 12. The first kappa shape index (κ1) is 26.9. The smallest absolute Gasteiger partial charge is 0.147 e. The van der Waals surface area contributed by atoms with Crippen LogP contribution < -0.4 is 10.2 Å². The van der Waals surface area contributed by atoms with E-state index in [0.717, 1.165) is 25.5 Å². The highest BCUT2D eigenvalue weighted by molar-refractivity contribution is 7.80. The minimum absolute atomic E-state index is 0.0325. The molecule has 5 nitrogen and oxygen atoms in total. The third-order valence-corrected chi connectivity index (χ3v) is 7.11. The molecule has 2 aromatic rings. The van der Waals surface area contributed by atoms with Gasteiger partial charge in [0.15, 0.2) is 0 Å². The van der Waals surface area contributed by atoms with Gasteiger partial charge in [-0.05, 0) is 44.2 Å². The third-order valence-electron chi connectivity index (χ3n) is 6.56. The van der Waals surface area contributed by atoms with Gasteiger partial charge in [-0.25, -0.2) is 8.78 Å². The van der Waals surface area contributed by atoms with Gasteiger partial charge in [0.1, 0.15) is 11.6 Å². The predicted octanol–water partition coefficient (Wildman–Crippen LogP) is 5.94. The number of benzene rings is 2. The van der Waals surface area contributed by atoms with E-state index < -0.39 is 11.6 Å². The lowest BCUT2D eigenvalue weighted by molar-refractivity contribution is 0.363. The summed E-state index contributed by atoms with van der Waals surface area (Å²) in [6.07, 6.45) is 9.31. The van der Waals surface area contributed by atoms with Gasteiger partial charge in [0, 0.05) is 48.6 Å². The van der Waals surface area contributed by atoms with E-state index in [-0.39, 0.29) is 29.6 Å². The van der Waals surface area contributed by atoms with Crippen molar-refractivity contribution in [3.63, 3.8) is 0 Å². The van der Waals surface area contributed by atoms with Crippen LogP contribution in [0.4, 0.5) is 14.5 Å². The Morgan fingerprint density at radius 1 is 1.09 bits per heavy atom. The Bertz CT molecular complexity index is 985. The first-order valence-electron chi connectivity index (χ1n) is 12.1. The molecule has 1 heterocycles. The molecule has 3 rings (SSSR count). The molecule has 1 aliphatic heterocycles. The lowest BCUT2D eigenvalue weighted by atomic mass is 10.0. The highest BCUT2D eigenvalue weighted by atomic mass is 32.1. The number of hydrogen-bond acceptors (Lipinski definition) is 5. The topological polar surface area (TPSA) is 66.2 Å². The molecule has 0 saturated carbocycles. The highest BCUT2D eigenvalue weighted by Gasteiger charge is 2.25. The number of nitrogens with one attached hydrogen (secondary N) is 3. The molecular formula is C27H35F2N5S. The van der Waals surface area contributed by atoms with Gasteiger partial charge in [0.2, 0.25) is 0 Å². The van der Waals surface area contributed by atoms with Gasteiger partial charge in [-0.1, -0.05) is 42.5 Å². The summed E-state index contributed by atoms with van der Waals surface area (Å²) < 4.78 is 29.9. The van der Waals surface area contributed by atoms with Crippen LogP contribution in [0.2, 0.25) is 0 Å². The first-order valence-corrected chi connectivity index (χ1v) is 12.6. The summed E-state index contributed by atoms with van der Waals surface area (Å²) in [4.78, 5) is 3.39. The fourth-order valence-corrected chi connectivity index (χ4v) is 4.85. The quantitative estimate of drug-likeness (QED) is 0.127. The molecule has 3 N–H and O–H groups in total. The second-order valence-electron chi connectivity index (χ2n) is 8.84. The minimum Gasteiger partial charge on any atom is -0.369 e. The maximum Gasteiger partial charge on any atom is 0.147 e. The maximum atomic E-state index is 15.0. The molecule has 2 aromatic carbocycles. The molecule has 0 aromatic heterocycles. The van der Waals surface area contributed by atoms with Crippen LogP contribution in [-0.4, -0.2) is 42.8 Å². The molecule has 188 valence electrons. The second-order valence-corrected chi connectivity index (χ2v) is 9.46. The van der Waals surface area contributed by atoms with Crippen molar-refractivity contribution in [3.05, 3.63) is 77.4 Å². The van der Waals surface area contributed by atoms with Crippen LogP contribution in [0.15, 0.2) is 54.6 Å². The summed E-state index contributed by atoms with van der Waals surface area (Å²) in [5.74, 6) is -0.855. The fourth-order valence-electron chi connectivity index (χ4n) is 4.53. The monoisotopic (exact) mass is 499 g/mol. The van der Waals surface area contributed by atoms with Crippen LogP contribution in [-0.2, 0) is 6.54 Å². The van der Waals surface area contributed by atoms with E-state index in [1.165, 1.54) is 17.7 Å². The third kappa shape index (κ3) is 7.39. The Morgan fingerprint density at radius 2 is 1.77 bits per heavy atom. The van der Waals surface area contributed by atoms with Gasteiger partial charge in [0.25, 0.3) is 0 Å². The summed E-state index contributed by atoms with van der Waals surface area (Å²) in [7, 11) is 0. The van der Waals surface area contributed by atoms with E-state index in [1.807, 2.05) is 42.2 Å². The number of halogens is 2. The van der Waals surface area contributed by atoms with Gasteiger partial charge in [-0.3, -0.25) is 10.8 Å². The van der Waals surface area contributed by atoms with Gasteiger partial charge in [-0.2, -0.15) is 12.6 Å². The van der Waals surface area contributed by atoms with Gasteiger partial charge >= 0.3 is 0 Å². The molecular weight excluding hydrogens is 464 g/mol. The summed E-state index contributed by atoms with van der Waals surface area (Å²) in [6.45, 7) is 3.28. The van der Waals surface area contributed by atoms with Gasteiger partial charge < -0.3 is 15.1 Å². The lowest BCUT2D eigenvalue weighted by Crippen LogP contribution is -2.44. The van der Waals surface area contributed by atoms with E-state index in [4.69, 9.17) is 23.4 Å². The largest absolute Gasteiger partial charge is 0.369 e. The van der Waals surface area contributed by atoms with Crippen LogP contribution in [0.5, 0.6) is 0 Å². The summed E-state index contributed by atoms with van der Waals surface area (Å²) in [5.41, 5.74) is 1.75. The highest BCUT2D eigenvalue weighted by Crippen LogP contribution is 2.28. The molecule has 2 atom stereocenters. The number of piperidine rings is 1. The van der Waals surface area contributed by atoms with Crippen molar-refractivity contribution in [1.29, 1.82) is 10.8 Å². The van der Waals surface area contributed by atoms with Crippen LogP contribution in [0, 0.1) is 22.5 Å². The second kappa shape index (κ2) is 13.4. The lowest BCUT2D eigenvalue weighted by Gasteiger charge is -2.37. The first-order chi connectivity index (χ1) is 17.0. The molecule has 0 radical (unpaired) electrons. The molecule has 0 amide bonds. The molecule has 1 aliphatic rings. The maximum absolute atomic E-state index is 15.0. The number of hydrogen-bond donors (Lipinski definition) is 4. The van der Waals surface area contributed by atoms with Crippen molar-refractivity contribution in [3.8, 4) is 0 Å². The SMILES string of the molecule is C/C=C/C(CC[C@@H](S)c1ccccc1)NCc1cc(F)c(N2CCC(N(C=N)C=N)CC2)cc1F. The van der Waals surface area contributed by atoms with Crippen molar-refractivity contribution < 1.29 is 8.78 Å². The van der Waals surface area contributed by atoms with E-state index in [9.17, 15) is 8.78 Å². The Balaban J connectivity index is 1.58. The fraction of sp³-hybridized carbons (Fsp3) is 0.407. The van der Waals surface area contributed by atoms with Crippen LogP contribution in [0.3, 0.4) is 0 Å². The zero-order valence-electron chi connectivity index (χ0n) is 20.1. The van der Waals surface area contributed by atoms with Crippen LogP contribution in [0.1, 0.15) is 49.0 Å².